The second-order valence-electron chi connectivity index (χ2n) is 3.57. The van der Waals surface area contributed by atoms with Gasteiger partial charge in [-0.05, 0) is 38.5 Å². The highest BCUT2D eigenvalue weighted by Gasteiger charge is 1.83. The van der Waals surface area contributed by atoms with Crippen LogP contribution in [0.5, 0.6) is 0 Å². The number of rotatable bonds is 0. The maximum Gasteiger partial charge on any atom is -0.0313 e. The average Bonchev–Trinajstić information content (AvgIpc) is 2.22. The number of hydrogen-bond acceptors (Lipinski definition) is 0. The largest absolute Gasteiger partial charge is 0.0845 e. The predicted octanol–water partition coefficient (Wildman–Crippen LogP) is 4.57. The lowest BCUT2D eigenvalue weighted by Crippen LogP contribution is -1.72. The molecule has 0 spiro atoms. The molecule has 0 atom stereocenters. The van der Waals surface area contributed by atoms with Gasteiger partial charge in [0.25, 0.3) is 0 Å². The van der Waals surface area contributed by atoms with E-state index in [0.717, 1.165) is 12.8 Å². The van der Waals surface area contributed by atoms with Crippen molar-refractivity contribution in [2.24, 2.45) is 0 Å². The highest BCUT2D eigenvalue weighted by Crippen LogP contribution is 2.03. The third-order valence-electron chi connectivity index (χ3n) is 2.26. The van der Waals surface area contributed by atoms with Crippen LogP contribution in [0.4, 0.5) is 0 Å². The second kappa shape index (κ2) is 8.55. The van der Waals surface area contributed by atoms with Crippen molar-refractivity contribution in [3.63, 3.8) is 0 Å². The molecule has 0 aromatic heterocycles. The molecule has 0 saturated heterocycles. The third kappa shape index (κ3) is 6.47. The van der Waals surface area contributed by atoms with Gasteiger partial charge in [-0.25, -0.2) is 0 Å². The van der Waals surface area contributed by atoms with Crippen molar-refractivity contribution in [1.29, 1.82) is 0 Å². The molecule has 76 valence electrons. The first-order valence-electron chi connectivity index (χ1n) is 5.63. The summed E-state index contributed by atoms with van der Waals surface area (Å²) in [6.07, 6.45) is 25.0. The smallest absolute Gasteiger partial charge is 0.0313 e. The highest BCUT2D eigenvalue weighted by atomic mass is 13.9. The quantitative estimate of drug-likeness (QED) is 0.522. The van der Waals surface area contributed by atoms with E-state index in [2.05, 4.69) is 48.6 Å². The lowest BCUT2D eigenvalue weighted by molar-refractivity contribution is 0.762. The van der Waals surface area contributed by atoms with Crippen LogP contribution in [-0.4, -0.2) is 0 Å². The minimum absolute atomic E-state index is 1.15. The molecule has 0 aliphatic heterocycles. The molecule has 0 amide bonds. The molecule has 0 nitrogen and oxygen atoms in total. The van der Waals surface area contributed by atoms with Crippen LogP contribution in [0, 0.1) is 0 Å². The van der Waals surface area contributed by atoms with Crippen molar-refractivity contribution >= 4 is 0 Å². The summed E-state index contributed by atoms with van der Waals surface area (Å²) in [7, 11) is 0. The van der Waals surface area contributed by atoms with Crippen molar-refractivity contribution < 1.29 is 0 Å². The summed E-state index contributed by atoms with van der Waals surface area (Å²) in [6, 6.07) is 0. The van der Waals surface area contributed by atoms with Gasteiger partial charge in [-0.15, -0.1) is 0 Å². The van der Waals surface area contributed by atoms with E-state index in [1.165, 1.54) is 25.7 Å². The second-order valence-corrected chi connectivity index (χ2v) is 3.57. The minimum Gasteiger partial charge on any atom is -0.0845 e. The Labute approximate surface area is 87.7 Å². The Morgan fingerprint density at radius 2 is 0.786 bits per heavy atom. The summed E-state index contributed by atoms with van der Waals surface area (Å²) in [5.41, 5.74) is 0. The minimum atomic E-state index is 1.15. The van der Waals surface area contributed by atoms with Gasteiger partial charge in [-0.3, -0.25) is 0 Å². The van der Waals surface area contributed by atoms with Crippen LogP contribution >= 0.6 is 0 Å². The van der Waals surface area contributed by atoms with Crippen LogP contribution in [-0.2, 0) is 0 Å². The summed E-state index contributed by atoms with van der Waals surface area (Å²) in [6.45, 7) is 0. The van der Waals surface area contributed by atoms with Crippen LogP contribution in [0.15, 0.2) is 48.6 Å². The highest BCUT2D eigenvalue weighted by molar-refractivity contribution is 5.05. The summed E-state index contributed by atoms with van der Waals surface area (Å²) in [5.74, 6) is 0. The topological polar surface area (TPSA) is 0 Å². The zero-order chi connectivity index (χ0) is 9.90. The molecule has 0 unspecified atom stereocenters. The fourth-order valence-corrected chi connectivity index (χ4v) is 1.42. The van der Waals surface area contributed by atoms with Gasteiger partial charge < -0.3 is 0 Å². The molecule has 0 aromatic rings. The van der Waals surface area contributed by atoms with Crippen molar-refractivity contribution in [1.82, 2.24) is 0 Å². The van der Waals surface area contributed by atoms with Gasteiger partial charge in [0.2, 0.25) is 0 Å². The van der Waals surface area contributed by atoms with Gasteiger partial charge in [0.15, 0.2) is 0 Å². The Hall–Kier alpha value is -1.04. The van der Waals surface area contributed by atoms with Gasteiger partial charge >= 0.3 is 0 Å². The van der Waals surface area contributed by atoms with Gasteiger partial charge in [0.05, 0.1) is 0 Å². The molecule has 0 fully saturated rings. The Kier molecular flexibility index (Phi) is 6.74. The first-order valence-corrected chi connectivity index (χ1v) is 5.63. The molecule has 0 saturated carbocycles. The standard InChI is InChI=1S/C14H20/c1-2-4-6-8-10-12-14-13-11-9-7-5-3-1/h1-4,9,11,13-14H,5-8,10,12H2/b3-1+,4-2-,11-9+,14-13-. The molecule has 0 bridgehead atoms. The Morgan fingerprint density at radius 1 is 0.429 bits per heavy atom. The summed E-state index contributed by atoms with van der Waals surface area (Å²) < 4.78 is 0. The third-order valence-corrected chi connectivity index (χ3v) is 2.26. The Bertz CT molecular complexity index is 202. The van der Waals surface area contributed by atoms with E-state index in [0.29, 0.717) is 0 Å². The number of allylic oxidation sites excluding steroid dienone is 8. The first-order chi connectivity index (χ1) is 7.00. The zero-order valence-electron chi connectivity index (χ0n) is 8.86. The molecule has 0 N–H and O–H groups in total. The Morgan fingerprint density at radius 3 is 1.21 bits per heavy atom. The molecule has 0 aromatic carbocycles. The molecule has 1 aliphatic carbocycles. The average molecular weight is 188 g/mol. The van der Waals surface area contributed by atoms with E-state index in [9.17, 15) is 0 Å². The molecule has 14 heavy (non-hydrogen) atoms. The molecule has 1 rings (SSSR count). The summed E-state index contributed by atoms with van der Waals surface area (Å²) in [4.78, 5) is 0. The summed E-state index contributed by atoms with van der Waals surface area (Å²) >= 11 is 0. The fraction of sp³-hybridized carbons (Fsp3) is 0.429. The van der Waals surface area contributed by atoms with Gasteiger partial charge in [0, 0.05) is 0 Å². The van der Waals surface area contributed by atoms with Crippen LogP contribution < -0.4 is 0 Å². The van der Waals surface area contributed by atoms with Crippen molar-refractivity contribution in [2.75, 3.05) is 0 Å². The van der Waals surface area contributed by atoms with Crippen molar-refractivity contribution in [3.05, 3.63) is 48.6 Å². The van der Waals surface area contributed by atoms with Crippen LogP contribution in [0.25, 0.3) is 0 Å². The van der Waals surface area contributed by atoms with Crippen LogP contribution in [0.1, 0.15) is 38.5 Å². The van der Waals surface area contributed by atoms with E-state index in [-0.39, 0.29) is 0 Å². The monoisotopic (exact) mass is 188 g/mol. The predicted molar refractivity (Wildman–Crippen MR) is 64.3 cm³/mol. The summed E-state index contributed by atoms with van der Waals surface area (Å²) in [5, 5.41) is 0. The van der Waals surface area contributed by atoms with E-state index in [1.807, 2.05) is 0 Å². The van der Waals surface area contributed by atoms with E-state index >= 15 is 0 Å². The number of hydrogen-bond donors (Lipinski definition) is 0. The van der Waals surface area contributed by atoms with Gasteiger partial charge in [0.1, 0.15) is 0 Å². The lowest BCUT2D eigenvalue weighted by atomic mass is 10.1. The van der Waals surface area contributed by atoms with E-state index in [4.69, 9.17) is 0 Å². The molecule has 0 radical (unpaired) electrons. The van der Waals surface area contributed by atoms with Crippen molar-refractivity contribution in [2.45, 2.75) is 38.5 Å². The van der Waals surface area contributed by atoms with Crippen LogP contribution in [0.2, 0.25) is 0 Å². The molecular weight excluding hydrogens is 168 g/mol. The zero-order valence-corrected chi connectivity index (χ0v) is 8.86. The molecule has 0 heteroatoms. The first kappa shape index (κ1) is 11.0. The maximum atomic E-state index is 2.27. The SMILES string of the molecule is C1=C\CCCC/C=C\C=C\CC/C=C/1. The van der Waals surface area contributed by atoms with Crippen molar-refractivity contribution in [3.8, 4) is 0 Å². The molecular formula is C14H20. The van der Waals surface area contributed by atoms with E-state index < -0.39 is 0 Å². The normalized spacial score (nSPS) is 28.6. The maximum absolute atomic E-state index is 2.27. The van der Waals surface area contributed by atoms with Gasteiger partial charge in [-0.1, -0.05) is 48.6 Å². The fourth-order valence-electron chi connectivity index (χ4n) is 1.42. The lowest BCUT2D eigenvalue weighted by Gasteiger charge is -1.92. The van der Waals surface area contributed by atoms with E-state index in [1.54, 1.807) is 0 Å². The van der Waals surface area contributed by atoms with Crippen LogP contribution in [0.3, 0.4) is 0 Å². The molecule has 1 aliphatic rings. The van der Waals surface area contributed by atoms with Gasteiger partial charge in [-0.2, -0.15) is 0 Å². The molecule has 0 heterocycles. The Balaban J connectivity index is 2.34.